The van der Waals surface area contributed by atoms with E-state index in [4.69, 9.17) is 4.84 Å². The highest BCUT2D eigenvalue weighted by atomic mass is 16.6. The van der Waals surface area contributed by atoms with Gasteiger partial charge in [0.15, 0.2) is 0 Å². The van der Waals surface area contributed by atoms with Crippen LogP contribution in [0, 0.1) is 13.8 Å². The minimum atomic E-state index is 0.134. The Morgan fingerprint density at radius 2 is 2.06 bits per heavy atom. The van der Waals surface area contributed by atoms with Gasteiger partial charge in [0.1, 0.15) is 6.61 Å². The van der Waals surface area contributed by atoms with Gasteiger partial charge in [-0.1, -0.05) is 36.0 Å². The van der Waals surface area contributed by atoms with Crippen molar-refractivity contribution in [2.75, 3.05) is 11.9 Å². The first-order valence-corrected chi connectivity index (χ1v) is 6.16. The highest BCUT2D eigenvalue weighted by molar-refractivity contribution is 5.89. The molecule has 3 heteroatoms. The molecule has 0 aromatic heterocycles. The molecule has 0 heterocycles. The quantitative estimate of drug-likeness (QED) is 0.359. The van der Waals surface area contributed by atoms with E-state index in [1.54, 1.807) is 6.08 Å². The molecule has 1 N–H and O–H groups in total. The molecule has 18 heavy (non-hydrogen) atoms. The highest BCUT2D eigenvalue weighted by Crippen LogP contribution is 2.20. The number of para-hydroxylation sites is 1. The summed E-state index contributed by atoms with van der Waals surface area (Å²) in [5.41, 5.74) is 4.56. The molecule has 0 spiro atoms. The first-order chi connectivity index (χ1) is 8.56. The Balaban J connectivity index is 2.72. The molecule has 0 aliphatic carbocycles. The van der Waals surface area contributed by atoms with Crippen LogP contribution in [-0.2, 0) is 4.84 Å². The zero-order valence-corrected chi connectivity index (χ0v) is 11.7. The molecule has 1 aromatic rings. The van der Waals surface area contributed by atoms with E-state index in [1.807, 2.05) is 6.92 Å². The second-order valence-corrected chi connectivity index (χ2v) is 4.45. The molecule has 0 saturated carbocycles. The van der Waals surface area contributed by atoms with Crippen LogP contribution in [0.3, 0.4) is 0 Å². The number of nitrogens with one attached hydrogen (secondary N) is 1. The Labute approximate surface area is 110 Å². The van der Waals surface area contributed by atoms with E-state index in [1.165, 1.54) is 16.8 Å². The second-order valence-electron chi connectivity index (χ2n) is 4.45. The molecule has 0 aliphatic rings. The minimum Gasteiger partial charge on any atom is -0.392 e. The lowest BCUT2D eigenvalue weighted by Gasteiger charge is -2.18. The molecule has 1 aromatic carbocycles. The van der Waals surface area contributed by atoms with Crippen molar-refractivity contribution in [3.63, 3.8) is 0 Å². The summed E-state index contributed by atoms with van der Waals surface area (Å²) in [4.78, 5) is 5.09. The molecule has 0 fully saturated rings. The van der Waals surface area contributed by atoms with Crippen LogP contribution < -0.4 is 5.32 Å². The lowest BCUT2D eigenvalue weighted by atomic mass is 10.1. The highest BCUT2D eigenvalue weighted by Gasteiger charge is 2.09. The van der Waals surface area contributed by atoms with E-state index in [0.29, 0.717) is 6.61 Å². The van der Waals surface area contributed by atoms with Crippen LogP contribution in [0.5, 0.6) is 0 Å². The predicted molar refractivity (Wildman–Crippen MR) is 78.3 cm³/mol. The third-order valence-corrected chi connectivity index (χ3v) is 2.87. The smallest absolute Gasteiger partial charge is 0.135 e. The lowest BCUT2D eigenvalue weighted by molar-refractivity contribution is 0.174. The first-order valence-electron chi connectivity index (χ1n) is 6.16. The van der Waals surface area contributed by atoms with Crippen molar-refractivity contribution in [3.8, 4) is 0 Å². The molecule has 0 radical (unpaired) electrons. The van der Waals surface area contributed by atoms with E-state index in [9.17, 15) is 0 Å². The van der Waals surface area contributed by atoms with Crippen LogP contribution in [0.1, 0.15) is 25.0 Å². The molecular formula is C15H22N2O. The fraction of sp³-hybridized carbons (Fsp3) is 0.400. The minimum absolute atomic E-state index is 0.134. The van der Waals surface area contributed by atoms with Crippen molar-refractivity contribution in [1.82, 2.24) is 0 Å². The van der Waals surface area contributed by atoms with Gasteiger partial charge >= 0.3 is 0 Å². The van der Waals surface area contributed by atoms with Crippen molar-refractivity contribution in [3.05, 3.63) is 42.0 Å². The third-order valence-electron chi connectivity index (χ3n) is 2.87. The fourth-order valence-electron chi connectivity index (χ4n) is 1.63. The Morgan fingerprint density at radius 1 is 1.44 bits per heavy atom. The number of rotatable bonds is 6. The van der Waals surface area contributed by atoms with Gasteiger partial charge in [-0.2, -0.15) is 0 Å². The average molecular weight is 246 g/mol. The van der Waals surface area contributed by atoms with Gasteiger partial charge in [-0.3, -0.25) is 0 Å². The molecule has 0 aliphatic heterocycles. The van der Waals surface area contributed by atoms with Gasteiger partial charge in [0.05, 0.1) is 11.8 Å². The summed E-state index contributed by atoms with van der Waals surface area (Å²) in [7, 11) is 0. The van der Waals surface area contributed by atoms with Crippen molar-refractivity contribution in [2.45, 2.75) is 33.7 Å². The maximum atomic E-state index is 5.09. The van der Waals surface area contributed by atoms with Gasteiger partial charge in [-0.05, 0) is 38.8 Å². The van der Waals surface area contributed by atoms with Crippen LogP contribution in [-0.4, -0.2) is 18.4 Å². The van der Waals surface area contributed by atoms with E-state index in [2.05, 4.69) is 56.0 Å². The van der Waals surface area contributed by atoms with E-state index >= 15 is 0 Å². The molecule has 1 atom stereocenters. The van der Waals surface area contributed by atoms with Crippen LogP contribution in [0.15, 0.2) is 36.0 Å². The summed E-state index contributed by atoms with van der Waals surface area (Å²) in [5, 5.41) is 7.52. The zero-order valence-electron chi connectivity index (χ0n) is 11.7. The van der Waals surface area contributed by atoms with Gasteiger partial charge < -0.3 is 10.2 Å². The van der Waals surface area contributed by atoms with Crippen molar-refractivity contribution in [2.24, 2.45) is 5.16 Å². The number of nitrogens with zero attached hydrogens (tertiary/aromatic N) is 1. The van der Waals surface area contributed by atoms with Gasteiger partial charge in [0.25, 0.3) is 0 Å². The van der Waals surface area contributed by atoms with Gasteiger partial charge in [-0.25, -0.2) is 0 Å². The Kier molecular flexibility index (Phi) is 5.43. The van der Waals surface area contributed by atoms with Crippen molar-refractivity contribution in [1.29, 1.82) is 0 Å². The number of oxime groups is 1. The molecule has 1 rings (SSSR count). The monoisotopic (exact) mass is 246 g/mol. The summed E-state index contributed by atoms with van der Waals surface area (Å²) < 4.78 is 0. The predicted octanol–water partition coefficient (Wildman–Crippen LogP) is 3.68. The number of benzene rings is 1. The SMILES string of the molecule is C=CCON=C(C)C(C)Nc1c(C)cccc1C. The van der Waals surface area contributed by atoms with Crippen molar-refractivity contribution >= 4 is 11.4 Å². The first kappa shape index (κ1) is 14.3. The number of aryl methyl sites for hydroxylation is 2. The number of hydrogen-bond donors (Lipinski definition) is 1. The lowest BCUT2D eigenvalue weighted by Crippen LogP contribution is -2.25. The molecule has 0 saturated heterocycles. The van der Waals surface area contributed by atoms with Gasteiger partial charge in [-0.15, -0.1) is 0 Å². The summed E-state index contributed by atoms with van der Waals surface area (Å²) in [6.45, 7) is 12.2. The summed E-state index contributed by atoms with van der Waals surface area (Å²) in [6.07, 6.45) is 1.68. The maximum Gasteiger partial charge on any atom is 0.135 e. The largest absolute Gasteiger partial charge is 0.392 e. The molecule has 1 unspecified atom stereocenters. The van der Waals surface area contributed by atoms with Gasteiger partial charge in [0, 0.05) is 5.69 Å². The summed E-state index contributed by atoms with van der Waals surface area (Å²) in [5.74, 6) is 0. The second kappa shape index (κ2) is 6.84. The fourth-order valence-corrected chi connectivity index (χ4v) is 1.63. The zero-order chi connectivity index (χ0) is 13.5. The molecular weight excluding hydrogens is 224 g/mol. The Bertz CT molecular complexity index is 418. The molecule has 98 valence electrons. The Morgan fingerprint density at radius 3 is 2.61 bits per heavy atom. The van der Waals surface area contributed by atoms with E-state index in [0.717, 1.165) is 5.71 Å². The summed E-state index contributed by atoms with van der Waals surface area (Å²) in [6, 6.07) is 6.40. The molecule has 0 amide bonds. The standard InChI is InChI=1S/C15H22N2O/c1-6-10-18-17-14(5)13(4)16-15-11(2)8-7-9-12(15)3/h6-9,13,16H,1,10H2,2-5H3. The molecule has 3 nitrogen and oxygen atoms in total. The van der Waals surface area contributed by atoms with E-state index < -0.39 is 0 Å². The van der Waals surface area contributed by atoms with Crippen LogP contribution in [0.2, 0.25) is 0 Å². The topological polar surface area (TPSA) is 33.6 Å². The maximum absolute atomic E-state index is 5.09. The molecule has 0 bridgehead atoms. The summed E-state index contributed by atoms with van der Waals surface area (Å²) >= 11 is 0. The van der Waals surface area contributed by atoms with Crippen LogP contribution in [0.25, 0.3) is 0 Å². The Hall–Kier alpha value is -1.77. The van der Waals surface area contributed by atoms with Crippen molar-refractivity contribution < 1.29 is 4.84 Å². The normalized spacial score (nSPS) is 13.0. The number of anilines is 1. The number of hydrogen-bond acceptors (Lipinski definition) is 3. The van der Waals surface area contributed by atoms with Gasteiger partial charge in [0.2, 0.25) is 0 Å². The van der Waals surface area contributed by atoms with Crippen LogP contribution >= 0.6 is 0 Å². The van der Waals surface area contributed by atoms with Crippen LogP contribution in [0.4, 0.5) is 5.69 Å². The average Bonchev–Trinajstić information content (AvgIpc) is 2.34. The third kappa shape index (κ3) is 3.91. The van der Waals surface area contributed by atoms with E-state index in [-0.39, 0.29) is 6.04 Å².